The van der Waals surface area contributed by atoms with Crippen molar-refractivity contribution in [3.63, 3.8) is 0 Å². The van der Waals surface area contributed by atoms with Gasteiger partial charge in [-0.15, -0.1) is 0 Å². The van der Waals surface area contributed by atoms with Crippen LogP contribution in [0.3, 0.4) is 0 Å². The highest BCUT2D eigenvalue weighted by Gasteiger charge is 2.31. The third-order valence-corrected chi connectivity index (χ3v) is 2.28. The Balaban J connectivity index is 2.10. The van der Waals surface area contributed by atoms with Crippen molar-refractivity contribution in [1.82, 2.24) is 15.1 Å². The van der Waals surface area contributed by atoms with E-state index >= 15 is 0 Å². The molecule has 18 heavy (non-hydrogen) atoms. The molecule has 5 nitrogen and oxygen atoms in total. The zero-order chi connectivity index (χ0) is 13.2. The molecule has 1 N–H and O–H groups in total. The van der Waals surface area contributed by atoms with E-state index in [1.165, 1.54) is 0 Å². The van der Waals surface area contributed by atoms with Crippen LogP contribution in [0.2, 0.25) is 5.02 Å². The Bertz CT molecular complexity index is 529. The molecule has 0 saturated heterocycles. The first-order valence-corrected chi connectivity index (χ1v) is 5.06. The first kappa shape index (κ1) is 12.6. The molecule has 0 amide bonds. The van der Waals surface area contributed by atoms with Gasteiger partial charge in [-0.05, 0) is 6.07 Å². The molecule has 0 aliphatic heterocycles. The maximum Gasteiger partial charge on any atom is 0.417 e. The zero-order valence-electron chi connectivity index (χ0n) is 8.70. The number of alkyl halides is 3. The van der Waals surface area contributed by atoms with Crippen LogP contribution in [-0.4, -0.2) is 15.1 Å². The van der Waals surface area contributed by atoms with Crippen LogP contribution in [0.25, 0.3) is 0 Å². The SMILES string of the molecule is FC(F)(F)c1cnc(NCc2ncon2)c(Cl)c1. The van der Waals surface area contributed by atoms with Crippen LogP contribution < -0.4 is 5.32 Å². The number of hydrogen-bond acceptors (Lipinski definition) is 5. The molecule has 0 radical (unpaired) electrons. The van der Waals surface area contributed by atoms with Crippen LogP contribution in [-0.2, 0) is 12.7 Å². The van der Waals surface area contributed by atoms with Gasteiger partial charge in [-0.25, -0.2) is 4.98 Å². The predicted octanol–water partition coefficient (Wildman–Crippen LogP) is 2.75. The van der Waals surface area contributed by atoms with Crippen LogP contribution in [0.15, 0.2) is 23.2 Å². The molecule has 96 valence electrons. The molecule has 9 heteroatoms. The number of anilines is 1. The molecule has 0 aromatic carbocycles. The van der Waals surface area contributed by atoms with Gasteiger partial charge in [-0.1, -0.05) is 16.8 Å². The molecular weight excluding hydrogens is 273 g/mol. The summed E-state index contributed by atoms with van der Waals surface area (Å²) in [4.78, 5) is 7.32. The summed E-state index contributed by atoms with van der Waals surface area (Å²) in [6.45, 7) is 0.147. The molecule has 2 rings (SSSR count). The van der Waals surface area contributed by atoms with E-state index in [4.69, 9.17) is 11.6 Å². The van der Waals surface area contributed by atoms with Crippen LogP contribution in [0.1, 0.15) is 11.4 Å². The maximum absolute atomic E-state index is 12.4. The van der Waals surface area contributed by atoms with E-state index in [2.05, 4.69) is 25.0 Å². The van der Waals surface area contributed by atoms with Crippen LogP contribution in [0.5, 0.6) is 0 Å². The van der Waals surface area contributed by atoms with Gasteiger partial charge in [0, 0.05) is 6.20 Å². The van der Waals surface area contributed by atoms with E-state index in [9.17, 15) is 13.2 Å². The number of nitrogens with one attached hydrogen (secondary N) is 1. The number of nitrogens with zero attached hydrogens (tertiary/aromatic N) is 3. The quantitative estimate of drug-likeness (QED) is 0.935. The van der Waals surface area contributed by atoms with Gasteiger partial charge in [0.25, 0.3) is 0 Å². The van der Waals surface area contributed by atoms with E-state index in [0.717, 1.165) is 12.5 Å². The summed E-state index contributed by atoms with van der Waals surface area (Å²) in [5, 5.41) is 6.09. The molecular formula is C9H6ClF3N4O. The lowest BCUT2D eigenvalue weighted by Crippen LogP contribution is -2.08. The second kappa shape index (κ2) is 4.81. The maximum atomic E-state index is 12.4. The molecule has 2 aromatic heterocycles. The average molecular weight is 279 g/mol. The van der Waals surface area contributed by atoms with Crippen molar-refractivity contribution < 1.29 is 17.7 Å². The second-order valence-corrected chi connectivity index (χ2v) is 3.66. The normalized spacial score (nSPS) is 11.6. The zero-order valence-corrected chi connectivity index (χ0v) is 9.46. The largest absolute Gasteiger partial charge is 0.417 e. The molecule has 0 fully saturated rings. The Morgan fingerprint density at radius 2 is 2.11 bits per heavy atom. The van der Waals surface area contributed by atoms with Crippen LogP contribution >= 0.6 is 11.6 Å². The van der Waals surface area contributed by atoms with E-state index < -0.39 is 11.7 Å². The standard InChI is InChI=1S/C9H6ClF3N4O/c10-6-1-5(9(11,12)13)2-14-8(6)15-3-7-16-4-18-17-7/h1-2,4H,3H2,(H,14,15). The summed E-state index contributed by atoms with van der Waals surface area (Å²) in [7, 11) is 0. The fourth-order valence-electron chi connectivity index (χ4n) is 1.16. The predicted molar refractivity (Wildman–Crippen MR) is 55.9 cm³/mol. The lowest BCUT2D eigenvalue weighted by atomic mass is 10.3. The van der Waals surface area contributed by atoms with Gasteiger partial charge in [0.15, 0.2) is 5.82 Å². The molecule has 0 aliphatic rings. The first-order valence-electron chi connectivity index (χ1n) is 4.68. The van der Waals surface area contributed by atoms with Crippen molar-refractivity contribution in [2.45, 2.75) is 12.7 Å². The average Bonchev–Trinajstić information content (AvgIpc) is 2.79. The summed E-state index contributed by atoms with van der Waals surface area (Å²) in [5.74, 6) is 0.460. The molecule has 0 saturated carbocycles. The first-order chi connectivity index (χ1) is 8.47. The Labute approximate surface area is 104 Å². The van der Waals surface area contributed by atoms with Crippen LogP contribution in [0.4, 0.5) is 19.0 Å². The van der Waals surface area contributed by atoms with Gasteiger partial charge < -0.3 is 9.84 Å². The Hall–Kier alpha value is -1.83. The van der Waals surface area contributed by atoms with Gasteiger partial charge >= 0.3 is 6.18 Å². The molecule has 0 aliphatic carbocycles. The van der Waals surface area contributed by atoms with Crippen molar-refractivity contribution >= 4 is 17.4 Å². The highest BCUT2D eigenvalue weighted by atomic mass is 35.5. The summed E-state index contributed by atoms with van der Waals surface area (Å²) < 4.78 is 41.6. The monoisotopic (exact) mass is 278 g/mol. The Kier molecular flexibility index (Phi) is 3.37. The van der Waals surface area contributed by atoms with Crippen molar-refractivity contribution in [3.05, 3.63) is 35.1 Å². The van der Waals surface area contributed by atoms with Gasteiger partial charge in [-0.2, -0.15) is 18.2 Å². The van der Waals surface area contributed by atoms with Crippen molar-refractivity contribution in [2.24, 2.45) is 0 Å². The van der Waals surface area contributed by atoms with E-state index in [1.807, 2.05) is 0 Å². The lowest BCUT2D eigenvalue weighted by molar-refractivity contribution is -0.137. The minimum absolute atomic E-state index is 0.120. The highest BCUT2D eigenvalue weighted by Crippen LogP contribution is 2.32. The summed E-state index contributed by atoms with van der Waals surface area (Å²) >= 11 is 5.69. The molecule has 0 spiro atoms. The topological polar surface area (TPSA) is 63.8 Å². The molecule has 0 unspecified atom stereocenters. The van der Waals surface area contributed by atoms with E-state index in [-0.39, 0.29) is 17.4 Å². The number of pyridine rings is 1. The molecule has 0 atom stereocenters. The fraction of sp³-hybridized carbons (Fsp3) is 0.222. The minimum atomic E-state index is -4.47. The van der Waals surface area contributed by atoms with Gasteiger partial charge in [0.1, 0.15) is 5.82 Å². The van der Waals surface area contributed by atoms with Gasteiger partial charge in [0.05, 0.1) is 17.1 Å². The summed E-state index contributed by atoms with van der Waals surface area (Å²) in [6, 6.07) is 0.799. The second-order valence-electron chi connectivity index (χ2n) is 3.25. The third kappa shape index (κ3) is 2.89. The molecule has 2 heterocycles. The Morgan fingerprint density at radius 1 is 1.33 bits per heavy atom. The van der Waals surface area contributed by atoms with Crippen molar-refractivity contribution in [1.29, 1.82) is 0 Å². The molecule has 0 bridgehead atoms. The van der Waals surface area contributed by atoms with Gasteiger partial charge in [-0.3, -0.25) is 0 Å². The molecule has 2 aromatic rings. The van der Waals surface area contributed by atoms with Gasteiger partial charge in [0.2, 0.25) is 6.39 Å². The number of halogens is 4. The van der Waals surface area contributed by atoms with Crippen LogP contribution in [0, 0.1) is 0 Å². The summed E-state index contributed by atoms with van der Waals surface area (Å²) in [6.07, 6.45) is -2.63. The lowest BCUT2D eigenvalue weighted by Gasteiger charge is -2.09. The smallest absolute Gasteiger partial charge is 0.361 e. The van der Waals surface area contributed by atoms with Crippen molar-refractivity contribution in [3.8, 4) is 0 Å². The highest BCUT2D eigenvalue weighted by molar-refractivity contribution is 6.32. The number of rotatable bonds is 3. The number of aromatic nitrogens is 3. The third-order valence-electron chi connectivity index (χ3n) is 1.99. The van der Waals surface area contributed by atoms with Crippen molar-refractivity contribution in [2.75, 3.05) is 5.32 Å². The van der Waals surface area contributed by atoms with E-state index in [1.54, 1.807) is 0 Å². The number of hydrogen-bond donors (Lipinski definition) is 1. The minimum Gasteiger partial charge on any atom is -0.361 e. The summed E-state index contributed by atoms with van der Waals surface area (Å²) in [5.41, 5.74) is -0.905. The fourth-order valence-corrected chi connectivity index (χ4v) is 1.39. The Morgan fingerprint density at radius 3 is 2.67 bits per heavy atom. The van der Waals surface area contributed by atoms with E-state index in [0.29, 0.717) is 12.0 Å².